The molecule has 0 heterocycles. The number of rotatable bonds is 11. The summed E-state index contributed by atoms with van der Waals surface area (Å²) in [7, 11) is 0. The van der Waals surface area contributed by atoms with Crippen LogP contribution >= 0.6 is 11.6 Å². The molecule has 0 spiro atoms. The predicted molar refractivity (Wildman–Crippen MR) is 149 cm³/mol. The Hall–Kier alpha value is -3.89. The van der Waals surface area contributed by atoms with E-state index in [1.165, 1.54) is 0 Å². The summed E-state index contributed by atoms with van der Waals surface area (Å²) in [6.45, 7) is 0.808. The SMILES string of the molecule is O=C(NCCc1ccccc1)[C@@H](Cc1ccccc1)N(Cc1ccc(Cl)cc1)C(=O)Cc1ccccc1. The van der Waals surface area contributed by atoms with Crippen molar-refractivity contribution in [1.82, 2.24) is 10.2 Å². The first kappa shape index (κ1) is 26.2. The molecule has 37 heavy (non-hydrogen) atoms. The van der Waals surface area contributed by atoms with Crippen LogP contribution in [0.25, 0.3) is 0 Å². The fourth-order valence-electron chi connectivity index (χ4n) is 4.31. The van der Waals surface area contributed by atoms with Gasteiger partial charge in [0.2, 0.25) is 11.8 Å². The molecule has 1 N–H and O–H groups in total. The van der Waals surface area contributed by atoms with Crippen molar-refractivity contribution in [3.63, 3.8) is 0 Å². The molecule has 4 rings (SSSR count). The highest BCUT2D eigenvalue weighted by atomic mass is 35.5. The summed E-state index contributed by atoms with van der Waals surface area (Å²) in [6, 6.07) is 36.3. The molecule has 188 valence electrons. The second-order valence-electron chi connectivity index (χ2n) is 9.04. The van der Waals surface area contributed by atoms with E-state index >= 15 is 0 Å². The van der Waals surface area contributed by atoms with Crippen LogP contribution in [0.2, 0.25) is 5.02 Å². The number of benzene rings is 4. The van der Waals surface area contributed by atoms with Crippen LogP contribution < -0.4 is 5.32 Å². The van der Waals surface area contributed by atoms with Crippen LogP contribution in [0.15, 0.2) is 115 Å². The Morgan fingerprint density at radius 2 is 1.22 bits per heavy atom. The Labute approximate surface area is 223 Å². The molecule has 5 heteroatoms. The maximum absolute atomic E-state index is 13.7. The van der Waals surface area contributed by atoms with Crippen molar-refractivity contribution in [3.8, 4) is 0 Å². The second-order valence-corrected chi connectivity index (χ2v) is 9.48. The van der Waals surface area contributed by atoms with E-state index in [0.29, 0.717) is 24.5 Å². The van der Waals surface area contributed by atoms with E-state index in [4.69, 9.17) is 11.6 Å². The Balaban J connectivity index is 1.59. The van der Waals surface area contributed by atoms with Crippen LogP contribution in [0.5, 0.6) is 0 Å². The predicted octanol–water partition coefficient (Wildman–Crippen LogP) is 5.88. The second kappa shape index (κ2) is 13.4. The van der Waals surface area contributed by atoms with Gasteiger partial charge in [-0.25, -0.2) is 0 Å². The van der Waals surface area contributed by atoms with Gasteiger partial charge < -0.3 is 10.2 Å². The van der Waals surface area contributed by atoms with Gasteiger partial charge in [-0.2, -0.15) is 0 Å². The van der Waals surface area contributed by atoms with Crippen molar-refractivity contribution < 1.29 is 9.59 Å². The summed E-state index contributed by atoms with van der Waals surface area (Å²) in [4.78, 5) is 29.1. The highest BCUT2D eigenvalue weighted by molar-refractivity contribution is 6.30. The van der Waals surface area contributed by atoms with Gasteiger partial charge in [0.1, 0.15) is 6.04 Å². The Kier molecular flexibility index (Phi) is 9.50. The summed E-state index contributed by atoms with van der Waals surface area (Å²) in [6.07, 6.45) is 1.36. The molecule has 0 aliphatic heterocycles. The van der Waals surface area contributed by atoms with Crippen molar-refractivity contribution in [2.24, 2.45) is 0 Å². The molecule has 0 aromatic heterocycles. The van der Waals surface area contributed by atoms with Gasteiger partial charge in [0.05, 0.1) is 6.42 Å². The highest BCUT2D eigenvalue weighted by Gasteiger charge is 2.30. The molecule has 0 unspecified atom stereocenters. The number of carbonyl (C=O) groups is 2. The number of hydrogen-bond acceptors (Lipinski definition) is 2. The van der Waals surface area contributed by atoms with E-state index in [-0.39, 0.29) is 18.2 Å². The molecule has 0 saturated carbocycles. The van der Waals surface area contributed by atoms with Gasteiger partial charge in [0.25, 0.3) is 0 Å². The fourth-order valence-corrected chi connectivity index (χ4v) is 4.43. The zero-order chi connectivity index (χ0) is 25.9. The minimum Gasteiger partial charge on any atom is -0.354 e. The lowest BCUT2D eigenvalue weighted by Crippen LogP contribution is -2.51. The summed E-state index contributed by atoms with van der Waals surface area (Å²) in [5.74, 6) is -0.254. The minimum atomic E-state index is -0.662. The van der Waals surface area contributed by atoms with Crippen molar-refractivity contribution in [1.29, 1.82) is 0 Å². The van der Waals surface area contributed by atoms with Gasteiger partial charge in [0.15, 0.2) is 0 Å². The lowest BCUT2D eigenvalue weighted by Gasteiger charge is -2.32. The summed E-state index contributed by atoms with van der Waals surface area (Å²) in [5, 5.41) is 3.72. The molecule has 0 saturated heterocycles. The van der Waals surface area contributed by atoms with E-state index in [1.54, 1.807) is 4.90 Å². The third-order valence-electron chi connectivity index (χ3n) is 6.29. The van der Waals surface area contributed by atoms with Crippen LogP contribution in [-0.4, -0.2) is 29.3 Å². The van der Waals surface area contributed by atoms with E-state index in [0.717, 1.165) is 28.7 Å². The summed E-state index contributed by atoms with van der Waals surface area (Å²) < 4.78 is 0. The first-order valence-electron chi connectivity index (χ1n) is 12.5. The average molecular weight is 511 g/mol. The maximum atomic E-state index is 13.7. The number of nitrogens with one attached hydrogen (secondary N) is 1. The average Bonchev–Trinajstić information content (AvgIpc) is 2.93. The zero-order valence-electron chi connectivity index (χ0n) is 20.7. The van der Waals surface area contributed by atoms with Crippen LogP contribution in [-0.2, 0) is 35.4 Å². The van der Waals surface area contributed by atoms with Crippen LogP contribution in [0.1, 0.15) is 22.3 Å². The monoisotopic (exact) mass is 510 g/mol. The van der Waals surface area contributed by atoms with E-state index < -0.39 is 6.04 Å². The Morgan fingerprint density at radius 3 is 1.81 bits per heavy atom. The lowest BCUT2D eigenvalue weighted by molar-refractivity contribution is -0.140. The first-order valence-corrected chi connectivity index (χ1v) is 12.9. The van der Waals surface area contributed by atoms with Gasteiger partial charge in [-0.05, 0) is 40.8 Å². The molecule has 1 atom stereocenters. The molecule has 2 amide bonds. The maximum Gasteiger partial charge on any atom is 0.243 e. The third kappa shape index (κ3) is 8.06. The topological polar surface area (TPSA) is 49.4 Å². The molecule has 0 radical (unpaired) electrons. The van der Waals surface area contributed by atoms with Crippen molar-refractivity contribution in [2.75, 3.05) is 6.54 Å². The lowest BCUT2D eigenvalue weighted by atomic mass is 10.0. The van der Waals surface area contributed by atoms with Crippen molar-refractivity contribution >= 4 is 23.4 Å². The first-order chi connectivity index (χ1) is 18.1. The van der Waals surface area contributed by atoms with Crippen molar-refractivity contribution in [2.45, 2.75) is 31.8 Å². The number of nitrogens with zero attached hydrogens (tertiary/aromatic N) is 1. The van der Waals surface area contributed by atoms with E-state index in [1.807, 2.05) is 115 Å². The van der Waals surface area contributed by atoms with E-state index in [9.17, 15) is 9.59 Å². The molecular formula is C32H31ClN2O2. The zero-order valence-corrected chi connectivity index (χ0v) is 21.5. The number of halogens is 1. The normalized spacial score (nSPS) is 11.5. The van der Waals surface area contributed by atoms with Crippen LogP contribution in [0, 0.1) is 0 Å². The van der Waals surface area contributed by atoms with Gasteiger partial charge in [-0.3, -0.25) is 9.59 Å². The number of carbonyl (C=O) groups excluding carboxylic acids is 2. The van der Waals surface area contributed by atoms with Gasteiger partial charge in [-0.15, -0.1) is 0 Å². The summed E-state index contributed by atoms with van der Waals surface area (Å²) in [5.41, 5.74) is 3.98. The molecule has 0 aliphatic carbocycles. The van der Waals surface area contributed by atoms with Crippen LogP contribution in [0.3, 0.4) is 0 Å². The Morgan fingerprint density at radius 1 is 0.676 bits per heavy atom. The van der Waals surface area contributed by atoms with Gasteiger partial charge >= 0.3 is 0 Å². The number of amides is 2. The minimum absolute atomic E-state index is 0.0970. The highest BCUT2D eigenvalue weighted by Crippen LogP contribution is 2.18. The fraction of sp³-hybridized carbons (Fsp3) is 0.188. The van der Waals surface area contributed by atoms with Crippen LogP contribution in [0.4, 0.5) is 0 Å². The molecule has 0 aliphatic rings. The largest absolute Gasteiger partial charge is 0.354 e. The number of hydrogen-bond donors (Lipinski definition) is 1. The molecule has 4 nitrogen and oxygen atoms in total. The standard InChI is InChI=1S/C32H31ClN2O2/c33-29-18-16-28(17-19-29)24-35(31(36)23-27-14-8-3-9-15-27)30(22-26-12-6-2-7-13-26)32(37)34-21-20-25-10-4-1-5-11-25/h1-19,30H,20-24H2,(H,34,37)/t30-/m1/s1. The molecule has 4 aromatic rings. The van der Waals surface area contributed by atoms with Crippen molar-refractivity contribution in [3.05, 3.63) is 143 Å². The smallest absolute Gasteiger partial charge is 0.243 e. The van der Waals surface area contributed by atoms with Gasteiger partial charge in [0, 0.05) is 24.5 Å². The molecule has 4 aromatic carbocycles. The third-order valence-corrected chi connectivity index (χ3v) is 6.54. The van der Waals surface area contributed by atoms with Gasteiger partial charge in [-0.1, -0.05) is 115 Å². The molecular weight excluding hydrogens is 480 g/mol. The quantitative estimate of drug-likeness (QED) is 0.274. The van der Waals surface area contributed by atoms with E-state index in [2.05, 4.69) is 5.32 Å². The Bertz CT molecular complexity index is 1260. The molecule has 0 bridgehead atoms. The molecule has 0 fully saturated rings. The summed E-state index contributed by atoms with van der Waals surface area (Å²) >= 11 is 6.10.